The topological polar surface area (TPSA) is 51.1 Å². The summed E-state index contributed by atoms with van der Waals surface area (Å²) in [5, 5.41) is 3.58. The van der Waals surface area contributed by atoms with E-state index >= 15 is 0 Å². The number of para-hydroxylation sites is 1. The summed E-state index contributed by atoms with van der Waals surface area (Å²) in [7, 11) is 0. The third-order valence-electron chi connectivity index (χ3n) is 4.99. The van der Waals surface area contributed by atoms with Gasteiger partial charge in [0.2, 0.25) is 5.43 Å². The van der Waals surface area contributed by atoms with Gasteiger partial charge in [0.15, 0.2) is 0 Å². The first-order chi connectivity index (χ1) is 12.5. The van der Waals surface area contributed by atoms with Crippen molar-refractivity contribution in [2.24, 2.45) is 0 Å². The maximum Gasteiger partial charge on any atom is 0.257 e. The fourth-order valence-corrected chi connectivity index (χ4v) is 3.89. The van der Waals surface area contributed by atoms with Crippen molar-refractivity contribution >= 4 is 32.7 Å². The average molecular weight is 411 g/mol. The fourth-order valence-electron chi connectivity index (χ4n) is 3.63. The summed E-state index contributed by atoms with van der Waals surface area (Å²) in [6.07, 6.45) is 3.71. The van der Waals surface area contributed by atoms with E-state index in [1.165, 1.54) is 5.56 Å². The Hall–Kier alpha value is -2.40. The first-order valence-electron chi connectivity index (χ1n) is 8.76. The van der Waals surface area contributed by atoms with Crippen LogP contribution in [0.2, 0.25) is 0 Å². The molecule has 1 aliphatic rings. The highest BCUT2D eigenvalue weighted by atomic mass is 79.9. The lowest BCUT2D eigenvalue weighted by atomic mass is 9.99. The Morgan fingerprint density at radius 2 is 1.96 bits per heavy atom. The molecule has 1 aliphatic heterocycles. The second-order valence-corrected chi connectivity index (χ2v) is 7.64. The first kappa shape index (κ1) is 17.0. The molecule has 0 bridgehead atoms. The van der Waals surface area contributed by atoms with E-state index in [2.05, 4.69) is 31.9 Å². The number of aromatic nitrogens is 1. The van der Waals surface area contributed by atoms with Crippen molar-refractivity contribution in [3.63, 3.8) is 0 Å². The monoisotopic (exact) mass is 410 g/mol. The Bertz CT molecular complexity index is 1050. The van der Waals surface area contributed by atoms with Crippen LogP contribution in [0.25, 0.3) is 10.9 Å². The van der Waals surface area contributed by atoms with Crippen LogP contribution in [0.5, 0.6) is 0 Å². The van der Waals surface area contributed by atoms with Gasteiger partial charge in [0, 0.05) is 22.6 Å². The molecule has 1 amide bonds. The van der Waals surface area contributed by atoms with E-state index in [1.54, 1.807) is 6.20 Å². The normalized spacial score (nSPS) is 14.2. The molecule has 26 heavy (non-hydrogen) atoms. The van der Waals surface area contributed by atoms with E-state index in [9.17, 15) is 9.59 Å². The van der Waals surface area contributed by atoms with E-state index in [4.69, 9.17) is 0 Å². The number of pyridine rings is 1. The Morgan fingerprint density at radius 1 is 1.19 bits per heavy atom. The summed E-state index contributed by atoms with van der Waals surface area (Å²) in [6, 6.07) is 13.4. The predicted molar refractivity (Wildman–Crippen MR) is 107 cm³/mol. The van der Waals surface area contributed by atoms with E-state index in [1.807, 2.05) is 43.3 Å². The molecule has 1 aromatic heterocycles. The van der Waals surface area contributed by atoms with Gasteiger partial charge in [-0.1, -0.05) is 40.2 Å². The summed E-state index contributed by atoms with van der Waals surface area (Å²) < 4.78 is 3.04. The number of carbonyl (C=O) groups is 1. The van der Waals surface area contributed by atoms with E-state index in [-0.39, 0.29) is 22.9 Å². The molecule has 132 valence electrons. The van der Waals surface area contributed by atoms with Gasteiger partial charge < -0.3 is 9.88 Å². The van der Waals surface area contributed by atoms with Crippen molar-refractivity contribution in [1.82, 2.24) is 9.88 Å². The number of hydrogen-bond acceptors (Lipinski definition) is 2. The molecule has 0 aliphatic carbocycles. The second kappa shape index (κ2) is 6.72. The molecule has 2 aromatic carbocycles. The predicted octanol–water partition coefficient (Wildman–Crippen LogP) is 4.20. The maximum atomic E-state index is 12.9. The molecule has 3 aromatic rings. The van der Waals surface area contributed by atoms with Crippen molar-refractivity contribution < 1.29 is 4.79 Å². The molecule has 1 N–H and O–H groups in total. The van der Waals surface area contributed by atoms with Crippen molar-refractivity contribution in [3.8, 4) is 0 Å². The molecule has 5 heteroatoms. The summed E-state index contributed by atoms with van der Waals surface area (Å²) in [6.45, 7) is 2.75. The van der Waals surface area contributed by atoms with Gasteiger partial charge in [0.1, 0.15) is 5.56 Å². The number of amides is 1. The standard InChI is InChI=1S/C21H19BrN2O2/c1-13(14-7-9-16(22)10-8-14)23-21(26)18-12-24-11-3-5-15-4-2-6-17(19(15)24)20(18)25/h2,4,6-10,12-13H,3,5,11H2,1H3,(H,23,26). The number of nitrogens with one attached hydrogen (secondary N) is 1. The highest BCUT2D eigenvalue weighted by molar-refractivity contribution is 9.10. The van der Waals surface area contributed by atoms with Crippen LogP contribution in [0.1, 0.15) is 40.9 Å². The first-order valence-corrected chi connectivity index (χ1v) is 9.55. The third-order valence-corrected chi connectivity index (χ3v) is 5.52. The Morgan fingerprint density at radius 3 is 2.73 bits per heavy atom. The van der Waals surface area contributed by atoms with Crippen LogP contribution in [-0.2, 0) is 13.0 Å². The molecule has 0 saturated carbocycles. The zero-order chi connectivity index (χ0) is 18.3. The molecule has 0 saturated heterocycles. The highest BCUT2D eigenvalue weighted by Gasteiger charge is 2.20. The number of halogens is 1. The molecule has 4 rings (SSSR count). The van der Waals surface area contributed by atoms with Gasteiger partial charge in [-0.05, 0) is 49.1 Å². The van der Waals surface area contributed by atoms with Crippen LogP contribution < -0.4 is 10.7 Å². The number of benzene rings is 2. The van der Waals surface area contributed by atoms with Crippen LogP contribution in [0.4, 0.5) is 0 Å². The third kappa shape index (κ3) is 2.97. The smallest absolute Gasteiger partial charge is 0.257 e. The number of rotatable bonds is 3. The van der Waals surface area contributed by atoms with Gasteiger partial charge in [-0.25, -0.2) is 0 Å². The molecule has 0 radical (unpaired) electrons. The van der Waals surface area contributed by atoms with Crippen LogP contribution in [0.3, 0.4) is 0 Å². The lowest BCUT2D eigenvalue weighted by Crippen LogP contribution is -2.32. The number of nitrogens with zero attached hydrogens (tertiary/aromatic N) is 1. The van der Waals surface area contributed by atoms with Gasteiger partial charge in [-0.15, -0.1) is 0 Å². The summed E-state index contributed by atoms with van der Waals surface area (Å²) in [5.41, 5.74) is 3.16. The molecule has 1 unspecified atom stereocenters. The van der Waals surface area contributed by atoms with Crippen molar-refractivity contribution in [1.29, 1.82) is 0 Å². The minimum absolute atomic E-state index is 0.182. The van der Waals surface area contributed by atoms with E-state index < -0.39 is 0 Å². The molecule has 2 heterocycles. The quantitative estimate of drug-likeness (QED) is 0.703. The second-order valence-electron chi connectivity index (χ2n) is 6.73. The maximum absolute atomic E-state index is 12.9. The van der Waals surface area contributed by atoms with Crippen LogP contribution in [-0.4, -0.2) is 10.5 Å². The SMILES string of the molecule is CC(NC(=O)c1cn2c3c(cccc3c1=O)CCC2)c1ccc(Br)cc1. The molecular formula is C21H19BrN2O2. The lowest BCUT2D eigenvalue weighted by molar-refractivity contribution is 0.0938. The van der Waals surface area contributed by atoms with Gasteiger partial charge in [-0.3, -0.25) is 9.59 Å². The highest BCUT2D eigenvalue weighted by Crippen LogP contribution is 2.24. The summed E-state index contributed by atoms with van der Waals surface area (Å²) in [5.74, 6) is -0.327. The molecule has 4 nitrogen and oxygen atoms in total. The van der Waals surface area contributed by atoms with Gasteiger partial charge in [0.25, 0.3) is 5.91 Å². The van der Waals surface area contributed by atoms with Gasteiger partial charge in [0.05, 0.1) is 11.6 Å². The van der Waals surface area contributed by atoms with E-state index in [0.717, 1.165) is 34.9 Å². The minimum atomic E-state index is -0.327. The van der Waals surface area contributed by atoms with Crippen molar-refractivity contribution in [2.45, 2.75) is 32.4 Å². The Labute approximate surface area is 160 Å². The molecular weight excluding hydrogens is 392 g/mol. The average Bonchev–Trinajstić information content (AvgIpc) is 2.65. The van der Waals surface area contributed by atoms with Crippen LogP contribution >= 0.6 is 15.9 Å². The van der Waals surface area contributed by atoms with Gasteiger partial charge >= 0.3 is 0 Å². The number of carbonyl (C=O) groups excluding carboxylic acids is 1. The van der Waals surface area contributed by atoms with Gasteiger partial charge in [-0.2, -0.15) is 0 Å². The zero-order valence-electron chi connectivity index (χ0n) is 14.5. The molecule has 1 atom stereocenters. The molecule has 0 fully saturated rings. The zero-order valence-corrected chi connectivity index (χ0v) is 16.0. The Kier molecular flexibility index (Phi) is 4.41. The largest absolute Gasteiger partial charge is 0.346 e. The summed E-state index contributed by atoms with van der Waals surface area (Å²) in [4.78, 5) is 25.7. The number of hydrogen-bond donors (Lipinski definition) is 1. The molecule has 0 spiro atoms. The van der Waals surface area contributed by atoms with Crippen LogP contribution in [0, 0.1) is 0 Å². The van der Waals surface area contributed by atoms with Crippen molar-refractivity contribution in [3.05, 3.63) is 80.0 Å². The number of aryl methyl sites for hydroxylation is 2. The van der Waals surface area contributed by atoms with E-state index in [0.29, 0.717) is 5.39 Å². The van der Waals surface area contributed by atoms with Crippen molar-refractivity contribution in [2.75, 3.05) is 0 Å². The Balaban J connectivity index is 1.70. The minimum Gasteiger partial charge on any atom is -0.346 e. The summed E-state index contributed by atoms with van der Waals surface area (Å²) >= 11 is 3.41. The van der Waals surface area contributed by atoms with Crippen LogP contribution in [0.15, 0.2) is 57.9 Å². The fraction of sp³-hybridized carbons (Fsp3) is 0.238. The lowest BCUT2D eigenvalue weighted by Gasteiger charge is -2.21.